The van der Waals surface area contributed by atoms with Crippen molar-refractivity contribution in [3.8, 4) is 0 Å². The van der Waals surface area contributed by atoms with Crippen molar-refractivity contribution in [1.29, 1.82) is 0 Å². The molecule has 6 heteroatoms. The molecule has 0 amide bonds. The van der Waals surface area contributed by atoms with Crippen LogP contribution in [0.25, 0.3) is 11.2 Å². The Labute approximate surface area is 110 Å². The van der Waals surface area contributed by atoms with Crippen LogP contribution in [0.15, 0.2) is 12.3 Å². The smallest absolute Gasteiger partial charge is 0.338 e. The molecule has 1 saturated heterocycles. The van der Waals surface area contributed by atoms with Gasteiger partial charge in [0.2, 0.25) is 0 Å². The van der Waals surface area contributed by atoms with Crippen LogP contribution in [0.1, 0.15) is 35.4 Å². The first-order valence-electron chi connectivity index (χ1n) is 6.54. The summed E-state index contributed by atoms with van der Waals surface area (Å²) in [6.07, 6.45) is 5.86. The van der Waals surface area contributed by atoms with Crippen molar-refractivity contribution in [3.63, 3.8) is 0 Å². The Bertz CT molecular complexity index is 602. The number of carbonyl (C=O) groups is 1. The van der Waals surface area contributed by atoms with Crippen molar-refractivity contribution in [2.75, 3.05) is 6.54 Å². The molecular weight excluding hydrogens is 244 g/mol. The number of rotatable bonds is 3. The highest BCUT2D eigenvalue weighted by Gasteiger charge is 2.17. The van der Waals surface area contributed by atoms with Crippen LogP contribution in [0.4, 0.5) is 0 Å². The normalized spacial score (nSPS) is 19.7. The van der Waals surface area contributed by atoms with Crippen LogP contribution in [0.2, 0.25) is 0 Å². The molecule has 6 nitrogen and oxygen atoms in total. The van der Waals surface area contributed by atoms with Gasteiger partial charge in [-0.15, -0.1) is 0 Å². The van der Waals surface area contributed by atoms with Crippen LogP contribution < -0.4 is 5.32 Å². The third-order valence-corrected chi connectivity index (χ3v) is 3.52. The Kier molecular flexibility index (Phi) is 3.16. The quantitative estimate of drug-likeness (QED) is 0.774. The van der Waals surface area contributed by atoms with Gasteiger partial charge in [-0.1, -0.05) is 6.42 Å². The number of fused-ring (bicyclic) bond motifs is 1. The molecule has 1 aliphatic heterocycles. The predicted molar refractivity (Wildman–Crippen MR) is 70.2 cm³/mol. The van der Waals surface area contributed by atoms with Gasteiger partial charge in [-0.25, -0.2) is 14.8 Å². The Morgan fingerprint density at radius 2 is 2.37 bits per heavy atom. The van der Waals surface area contributed by atoms with Gasteiger partial charge in [0.1, 0.15) is 5.82 Å². The number of aromatic carboxylic acids is 1. The Morgan fingerprint density at radius 1 is 1.47 bits per heavy atom. The fourth-order valence-corrected chi connectivity index (χ4v) is 2.57. The first-order chi connectivity index (χ1) is 9.24. The molecule has 2 aromatic rings. The van der Waals surface area contributed by atoms with Crippen molar-refractivity contribution in [2.45, 2.75) is 31.7 Å². The summed E-state index contributed by atoms with van der Waals surface area (Å²) >= 11 is 0. The maximum absolute atomic E-state index is 11.1. The molecule has 0 spiro atoms. The summed E-state index contributed by atoms with van der Waals surface area (Å²) in [5, 5.41) is 12.6. The molecule has 100 valence electrons. The highest BCUT2D eigenvalue weighted by Crippen LogP contribution is 2.17. The average Bonchev–Trinajstić information content (AvgIpc) is 2.81. The molecule has 0 saturated carbocycles. The van der Waals surface area contributed by atoms with Crippen LogP contribution in [-0.4, -0.2) is 38.6 Å². The zero-order valence-corrected chi connectivity index (χ0v) is 10.5. The molecule has 3 rings (SSSR count). The molecule has 1 atom stereocenters. The molecule has 1 unspecified atom stereocenters. The van der Waals surface area contributed by atoms with E-state index in [2.05, 4.69) is 20.3 Å². The number of nitrogens with zero attached hydrogens (tertiary/aromatic N) is 2. The van der Waals surface area contributed by atoms with Gasteiger partial charge >= 0.3 is 5.97 Å². The third kappa shape index (κ3) is 2.44. The second-order valence-electron chi connectivity index (χ2n) is 4.90. The number of H-pyrrole nitrogens is 1. The summed E-state index contributed by atoms with van der Waals surface area (Å²) < 4.78 is 0. The number of nitrogens with one attached hydrogen (secondary N) is 2. The van der Waals surface area contributed by atoms with Crippen LogP contribution in [0.5, 0.6) is 0 Å². The lowest BCUT2D eigenvalue weighted by Crippen LogP contribution is -2.35. The van der Waals surface area contributed by atoms with Gasteiger partial charge < -0.3 is 15.4 Å². The van der Waals surface area contributed by atoms with Crippen molar-refractivity contribution in [3.05, 3.63) is 23.7 Å². The highest BCUT2D eigenvalue weighted by atomic mass is 16.4. The van der Waals surface area contributed by atoms with Crippen molar-refractivity contribution < 1.29 is 9.90 Å². The van der Waals surface area contributed by atoms with E-state index in [9.17, 15) is 4.79 Å². The lowest BCUT2D eigenvalue weighted by atomic mass is 10.0. The third-order valence-electron chi connectivity index (χ3n) is 3.52. The number of piperidine rings is 1. The number of hydrogen-bond acceptors (Lipinski definition) is 4. The molecule has 19 heavy (non-hydrogen) atoms. The fraction of sp³-hybridized carbons (Fsp3) is 0.462. The largest absolute Gasteiger partial charge is 0.478 e. The summed E-state index contributed by atoms with van der Waals surface area (Å²) in [7, 11) is 0. The van der Waals surface area contributed by atoms with E-state index in [1.807, 2.05) is 0 Å². The molecule has 0 aromatic carbocycles. The predicted octanol–water partition coefficient (Wildman–Crippen LogP) is 1.34. The minimum Gasteiger partial charge on any atom is -0.478 e. The Balaban J connectivity index is 1.88. The van der Waals surface area contributed by atoms with Gasteiger partial charge in [0, 0.05) is 18.7 Å². The number of imidazole rings is 1. The van der Waals surface area contributed by atoms with Crippen LogP contribution in [-0.2, 0) is 6.42 Å². The van der Waals surface area contributed by atoms with Gasteiger partial charge in [0.05, 0.1) is 11.1 Å². The van der Waals surface area contributed by atoms with Crippen LogP contribution in [0.3, 0.4) is 0 Å². The van der Waals surface area contributed by atoms with E-state index in [0.29, 0.717) is 17.2 Å². The fourth-order valence-electron chi connectivity index (χ4n) is 2.57. The first-order valence-corrected chi connectivity index (χ1v) is 6.54. The zero-order valence-electron chi connectivity index (χ0n) is 10.5. The summed E-state index contributed by atoms with van der Waals surface area (Å²) in [6, 6.07) is 1.91. The van der Waals surface area contributed by atoms with E-state index in [0.717, 1.165) is 25.2 Å². The topological polar surface area (TPSA) is 90.9 Å². The molecule has 3 N–H and O–H groups in total. The number of carboxylic acid groups (broad SMARTS) is 1. The van der Waals surface area contributed by atoms with Crippen molar-refractivity contribution in [2.24, 2.45) is 0 Å². The van der Waals surface area contributed by atoms with Gasteiger partial charge in [-0.05, 0) is 25.5 Å². The second-order valence-corrected chi connectivity index (χ2v) is 4.90. The van der Waals surface area contributed by atoms with Crippen LogP contribution in [0, 0.1) is 0 Å². The maximum atomic E-state index is 11.1. The summed E-state index contributed by atoms with van der Waals surface area (Å²) in [6.45, 7) is 1.05. The maximum Gasteiger partial charge on any atom is 0.338 e. The molecule has 1 fully saturated rings. The summed E-state index contributed by atoms with van der Waals surface area (Å²) in [5.74, 6) is -0.158. The van der Waals surface area contributed by atoms with E-state index in [-0.39, 0.29) is 5.56 Å². The van der Waals surface area contributed by atoms with Crippen LogP contribution >= 0.6 is 0 Å². The van der Waals surface area contributed by atoms with E-state index < -0.39 is 5.97 Å². The number of hydrogen-bond donors (Lipinski definition) is 3. The highest BCUT2D eigenvalue weighted by molar-refractivity contribution is 5.99. The lowest BCUT2D eigenvalue weighted by molar-refractivity contribution is 0.0698. The van der Waals surface area contributed by atoms with Gasteiger partial charge in [0.25, 0.3) is 0 Å². The SMILES string of the molecule is O=C(O)c1ccnc2nc(CC3CCCCN3)[nH]c12. The van der Waals surface area contributed by atoms with E-state index in [1.165, 1.54) is 25.1 Å². The minimum absolute atomic E-state index is 0.223. The van der Waals surface area contributed by atoms with E-state index in [4.69, 9.17) is 5.11 Å². The average molecular weight is 260 g/mol. The van der Waals surface area contributed by atoms with Crippen molar-refractivity contribution in [1.82, 2.24) is 20.3 Å². The van der Waals surface area contributed by atoms with Gasteiger partial charge in [-0.3, -0.25) is 0 Å². The molecule has 3 heterocycles. The molecule has 1 aliphatic rings. The summed E-state index contributed by atoms with van der Waals surface area (Å²) in [5.41, 5.74) is 1.21. The summed E-state index contributed by atoms with van der Waals surface area (Å²) in [4.78, 5) is 22.7. The van der Waals surface area contributed by atoms with Gasteiger partial charge in [0.15, 0.2) is 5.65 Å². The first kappa shape index (κ1) is 12.1. The number of carboxylic acids is 1. The number of pyridine rings is 1. The second kappa shape index (κ2) is 4.97. The molecule has 0 radical (unpaired) electrons. The lowest BCUT2D eigenvalue weighted by Gasteiger charge is -2.22. The number of aromatic nitrogens is 3. The van der Waals surface area contributed by atoms with E-state index in [1.54, 1.807) is 0 Å². The Morgan fingerprint density at radius 3 is 3.11 bits per heavy atom. The minimum atomic E-state index is -0.960. The van der Waals surface area contributed by atoms with E-state index >= 15 is 0 Å². The zero-order chi connectivity index (χ0) is 13.2. The molecule has 0 aliphatic carbocycles. The standard InChI is InChI=1S/C13H16N4O2/c18-13(19)9-4-6-15-12-11(9)16-10(17-12)7-8-3-1-2-5-14-8/h4,6,8,14H,1-3,5,7H2,(H,18,19)(H,15,16,17). The molecule has 2 aromatic heterocycles. The molecule has 0 bridgehead atoms. The number of aromatic amines is 1. The Hall–Kier alpha value is -1.95. The monoisotopic (exact) mass is 260 g/mol. The van der Waals surface area contributed by atoms with Gasteiger partial charge in [-0.2, -0.15) is 0 Å². The van der Waals surface area contributed by atoms with Crippen molar-refractivity contribution >= 4 is 17.1 Å². The molecular formula is C13H16N4O2.